The molecule has 0 aliphatic carbocycles. The molecular formula is C17H20FNO2. The third-order valence-electron chi connectivity index (χ3n) is 3.40. The summed E-state index contributed by atoms with van der Waals surface area (Å²) in [5.41, 5.74) is 1.67. The van der Waals surface area contributed by atoms with E-state index >= 15 is 0 Å². The molecule has 2 rings (SSSR count). The maximum atomic E-state index is 13.2. The fourth-order valence-electron chi connectivity index (χ4n) is 2.25. The third kappa shape index (κ3) is 4.20. The lowest BCUT2D eigenvalue weighted by atomic mass is 10.1. The SMILES string of the molecule is COc1ccccc1CC(C)NCc1cc(F)ccc1O. The first kappa shape index (κ1) is 15.3. The van der Waals surface area contributed by atoms with Crippen LogP contribution in [-0.2, 0) is 13.0 Å². The number of aromatic hydroxyl groups is 1. The molecule has 1 unspecified atom stereocenters. The van der Waals surface area contributed by atoms with Gasteiger partial charge in [-0.3, -0.25) is 0 Å². The van der Waals surface area contributed by atoms with Crippen LogP contribution in [0.15, 0.2) is 42.5 Å². The summed E-state index contributed by atoms with van der Waals surface area (Å²) < 4.78 is 18.5. The topological polar surface area (TPSA) is 41.5 Å². The van der Waals surface area contributed by atoms with Gasteiger partial charge in [-0.2, -0.15) is 0 Å². The Morgan fingerprint density at radius 2 is 1.95 bits per heavy atom. The normalized spacial score (nSPS) is 12.1. The minimum Gasteiger partial charge on any atom is -0.508 e. The second kappa shape index (κ2) is 7.09. The van der Waals surface area contributed by atoms with Gasteiger partial charge in [0.25, 0.3) is 0 Å². The van der Waals surface area contributed by atoms with Crippen LogP contribution in [0.3, 0.4) is 0 Å². The number of phenols is 1. The highest BCUT2D eigenvalue weighted by molar-refractivity contribution is 5.34. The average molecular weight is 289 g/mol. The van der Waals surface area contributed by atoms with Crippen LogP contribution in [-0.4, -0.2) is 18.3 Å². The first-order chi connectivity index (χ1) is 10.1. The molecule has 4 heteroatoms. The minimum absolute atomic E-state index is 0.105. The molecular weight excluding hydrogens is 269 g/mol. The Kier molecular flexibility index (Phi) is 5.17. The van der Waals surface area contributed by atoms with Crippen LogP contribution in [0.2, 0.25) is 0 Å². The summed E-state index contributed by atoms with van der Waals surface area (Å²) in [7, 11) is 1.65. The molecule has 0 spiro atoms. The second-order valence-corrected chi connectivity index (χ2v) is 5.07. The van der Waals surface area contributed by atoms with Crippen molar-refractivity contribution in [1.82, 2.24) is 5.32 Å². The number of phenolic OH excluding ortho intramolecular Hbond substituents is 1. The first-order valence-corrected chi connectivity index (χ1v) is 6.93. The van der Waals surface area contributed by atoms with E-state index in [2.05, 4.69) is 5.32 Å². The number of hydrogen-bond acceptors (Lipinski definition) is 3. The average Bonchev–Trinajstić information content (AvgIpc) is 2.49. The van der Waals surface area contributed by atoms with Gasteiger partial charge in [0.1, 0.15) is 17.3 Å². The monoisotopic (exact) mass is 289 g/mol. The Bertz CT molecular complexity index is 601. The molecule has 3 nitrogen and oxygen atoms in total. The van der Waals surface area contributed by atoms with E-state index in [0.29, 0.717) is 12.1 Å². The summed E-state index contributed by atoms with van der Waals surface area (Å²) in [6.45, 7) is 2.46. The molecule has 21 heavy (non-hydrogen) atoms. The largest absolute Gasteiger partial charge is 0.508 e. The maximum Gasteiger partial charge on any atom is 0.123 e. The van der Waals surface area contributed by atoms with Gasteiger partial charge in [0, 0.05) is 18.2 Å². The molecule has 112 valence electrons. The Balaban J connectivity index is 1.96. The molecule has 2 aromatic carbocycles. The molecule has 0 saturated carbocycles. The summed E-state index contributed by atoms with van der Waals surface area (Å²) >= 11 is 0. The molecule has 2 N–H and O–H groups in total. The molecule has 0 bridgehead atoms. The predicted molar refractivity (Wildman–Crippen MR) is 81.1 cm³/mol. The molecule has 0 radical (unpaired) electrons. The molecule has 0 saturated heterocycles. The number of methoxy groups -OCH3 is 1. The summed E-state index contributed by atoms with van der Waals surface area (Å²) in [5, 5.41) is 13.0. The molecule has 0 amide bonds. The van der Waals surface area contributed by atoms with Crippen molar-refractivity contribution in [1.29, 1.82) is 0 Å². The van der Waals surface area contributed by atoms with E-state index in [1.165, 1.54) is 18.2 Å². The minimum atomic E-state index is -0.345. The van der Waals surface area contributed by atoms with Gasteiger partial charge in [-0.1, -0.05) is 18.2 Å². The van der Waals surface area contributed by atoms with Crippen molar-refractivity contribution in [3.8, 4) is 11.5 Å². The van der Waals surface area contributed by atoms with Crippen molar-refractivity contribution >= 4 is 0 Å². The first-order valence-electron chi connectivity index (χ1n) is 6.93. The van der Waals surface area contributed by atoms with Crippen LogP contribution in [0, 0.1) is 5.82 Å². The summed E-state index contributed by atoms with van der Waals surface area (Å²) in [5.74, 6) is 0.620. The zero-order valence-corrected chi connectivity index (χ0v) is 12.3. The van der Waals surface area contributed by atoms with E-state index in [9.17, 15) is 9.50 Å². The van der Waals surface area contributed by atoms with Crippen molar-refractivity contribution in [3.63, 3.8) is 0 Å². The standard InChI is InChI=1S/C17H20FNO2/c1-12(9-13-5-3-4-6-17(13)21-2)19-11-14-10-15(18)7-8-16(14)20/h3-8,10,12,19-20H,9,11H2,1-2H3. The lowest BCUT2D eigenvalue weighted by Gasteiger charge is -2.16. The van der Waals surface area contributed by atoms with Gasteiger partial charge >= 0.3 is 0 Å². The zero-order chi connectivity index (χ0) is 15.2. The Morgan fingerprint density at radius 1 is 1.19 bits per heavy atom. The number of rotatable bonds is 6. The third-order valence-corrected chi connectivity index (χ3v) is 3.40. The molecule has 0 aliphatic rings. The molecule has 0 heterocycles. The lowest BCUT2D eigenvalue weighted by Crippen LogP contribution is -2.27. The van der Waals surface area contributed by atoms with Crippen LogP contribution < -0.4 is 10.1 Å². The lowest BCUT2D eigenvalue weighted by molar-refractivity contribution is 0.405. The number of ether oxygens (including phenoxy) is 1. The summed E-state index contributed by atoms with van der Waals surface area (Å²) in [6, 6.07) is 12.0. The van der Waals surface area contributed by atoms with E-state index in [0.717, 1.165) is 17.7 Å². The van der Waals surface area contributed by atoms with Crippen molar-refractivity contribution < 1.29 is 14.2 Å². The van der Waals surface area contributed by atoms with Crippen molar-refractivity contribution in [3.05, 3.63) is 59.4 Å². The Labute approximate surface area is 124 Å². The van der Waals surface area contributed by atoms with Crippen LogP contribution in [0.5, 0.6) is 11.5 Å². The fourth-order valence-corrected chi connectivity index (χ4v) is 2.25. The fraction of sp³-hybridized carbons (Fsp3) is 0.294. The molecule has 2 aromatic rings. The van der Waals surface area contributed by atoms with E-state index in [4.69, 9.17) is 4.74 Å². The highest BCUT2D eigenvalue weighted by Gasteiger charge is 2.09. The van der Waals surface area contributed by atoms with Crippen LogP contribution in [0.4, 0.5) is 4.39 Å². The number of nitrogens with one attached hydrogen (secondary N) is 1. The molecule has 0 fully saturated rings. The maximum absolute atomic E-state index is 13.2. The van der Waals surface area contributed by atoms with Crippen molar-refractivity contribution in [2.75, 3.05) is 7.11 Å². The van der Waals surface area contributed by atoms with Gasteiger partial charge in [0.05, 0.1) is 7.11 Å². The Hall–Kier alpha value is -2.07. The highest BCUT2D eigenvalue weighted by Crippen LogP contribution is 2.20. The van der Waals surface area contributed by atoms with Crippen LogP contribution in [0.25, 0.3) is 0 Å². The van der Waals surface area contributed by atoms with Crippen LogP contribution >= 0.6 is 0 Å². The van der Waals surface area contributed by atoms with Gasteiger partial charge < -0.3 is 15.2 Å². The van der Waals surface area contributed by atoms with Crippen LogP contribution in [0.1, 0.15) is 18.1 Å². The number of hydrogen-bond donors (Lipinski definition) is 2. The number of halogens is 1. The predicted octanol–water partition coefficient (Wildman–Crippen LogP) is 3.26. The zero-order valence-electron chi connectivity index (χ0n) is 12.3. The number of benzene rings is 2. The van der Waals surface area contributed by atoms with E-state index in [1.54, 1.807) is 7.11 Å². The smallest absolute Gasteiger partial charge is 0.123 e. The second-order valence-electron chi connectivity index (χ2n) is 5.07. The van der Waals surface area contributed by atoms with Gasteiger partial charge in [-0.25, -0.2) is 4.39 Å². The Morgan fingerprint density at radius 3 is 2.71 bits per heavy atom. The van der Waals surface area contributed by atoms with Gasteiger partial charge in [0.2, 0.25) is 0 Å². The van der Waals surface area contributed by atoms with Crippen molar-refractivity contribution in [2.24, 2.45) is 0 Å². The van der Waals surface area contributed by atoms with Crippen molar-refractivity contribution in [2.45, 2.75) is 25.9 Å². The van der Waals surface area contributed by atoms with Gasteiger partial charge in [0.15, 0.2) is 0 Å². The molecule has 0 aromatic heterocycles. The summed E-state index contributed by atoms with van der Waals surface area (Å²) in [4.78, 5) is 0. The number of para-hydroxylation sites is 1. The molecule has 1 atom stereocenters. The van der Waals surface area contributed by atoms with E-state index < -0.39 is 0 Å². The quantitative estimate of drug-likeness (QED) is 0.857. The van der Waals surface area contributed by atoms with E-state index in [1.807, 2.05) is 31.2 Å². The molecule has 0 aliphatic heterocycles. The summed E-state index contributed by atoms with van der Waals surface area (Å²) in [6.07, 6.45) is 0.792. The van der Waals surface area contributed by atoms with Gasteiger partial charge in [-0.15, -0.1) is 0 Å². The van der Waals surface area contributed by atoms with E-state index in [-0.39, 0.29) is 17.6 Å². The highest BCUT2D eigenvalue weighted by atomic mass is 19.1. The van der Waals surface area contributed by atoms with Gasteiger partial charge in [-0.05, 0) is 43.2 Å².